The standard InChI is InChI=1S/C7H16N2/c1-6-3-4-7(8)5-9(6)2/h6-7H,3-5,8H2,1-2H3/t6-,7+/m1/s1. The van der Waals surface area contributed by atoms with E-state index in [1.165, 1.54) is 12.8 Å². The van der Waals surface area contributed by atoms with Crippen LogP contribution in [0.5, 0.6) is 0 Å². The van der Waals surface area contributed by atoms with Gasteiger partial charge in [0.25, 0.3) is 0 Å². The minimum atomic E-state index is 0.422. The van der Waals surface area contributed by atoms with Crippen LogP contribution in [-0.4, -0.2) is 30.6 Å². The molecule has 1 aliphatic rings. The monoisotopic (exact) mass is 128 g/mol. The molecule has 9 heavy (non-hydrogen) atoms. The molecular weight excluding hydrogens is 112 g/mol. The van der Waals surface area contributed by atoms with E-state index in [4.69, 9.17) is 5.73 Å². The molecule has 1 saturated heterocycles. The van der Waals surface area contributed by atoms with Crippen molar-refractivity contribution < 1.29 is 0 Å². The van der Waals surface area contributed by atoms with Crippen molar-refractivity contribution in [2.75, 3.05) is 13.6 Å². The first-order valence-corrected chi connectivity index (χ1v) is 3.66. The number of likely N-dealkylation sites (N-methyl/N-ethyl adjacent to an activating group) is 1. The Bertz CT molecular complexity index is 92.9. The van der Waals surface area contributed by atoms with Crippen LogP contribution < -0.4 is 5.73 Å². The Labute approximate surface area is 57.0 Å². The number of hydrogen-bond acceptors (Lipinski definition) is 2. The highest BCUT2D eigenvalue weighted by molar-refractivity contribution is 4.77. The quantitative estimate of drug-likeness (QED) is 0.512. The second kappa shape index (κ2) is 2.67. The molecule has 1 rings (SSSR count). The molecule has 0 spiro atoms. The lowest BCUT2D eigenvalue weighted by Gasteiger charge is -2.33. The normalized spacial score (nSPS) is 39.0. The van der Waals surface area contributed by atoms with Gasteiger partial charge in [-0.2, -0.15) is 0 Å². The van der Waals surface area contributed by atoms with Crippen molar-refractivity contribution in [1.82, 2.24) is 4.90 Å². The molecule has 1 fully saturated rings. The van der Waals surface area contributed by atoms with Crippen LogP contribution in [0.25, 0.3) is 0 Å². The van der Waals surface area contributed by atoms with E-state index in [0.717, 1.165) is 12.6 Å². The zero-order valence-electron chi connectivity index (χ0n) is 6.30. The van der Waals surface area contributed by atoms with E-state index >= 15 is 0 Å². The summed E-state index contributed by atoms with van der Waals surface area (Å²) in [4.78, 5) is 2.33. The first kappa shape index (κ1) is 7.03. The van der Waals surface area contributed by atoms with Crippen LogP contribution in [0, 0.1) is 0 Å². The van der Waals surface area contributed by atoms with Crippen molar-refractivity contribution in [1.29, 1.82) is 0 Å². The van der Waals surface area contributed by atoms with E-state index in [-0.39, 0.29) is 0 Å². The van der Waals surface area contributed by atoms with Gasteiger partial charge in [-0.05, 0) is 26.8 Å². The Morgan fingerprint density at radius 2 is 2.11 bits per heavy atom. The lowest BCUT2D eigenvalue weighted by molar-refractivity contribution is 0.182. The van der Waals surface area contributed by atoms with E-state index in [1.54, 1.807) is 0 Å². The highest BCUT2D eigenvalue weighted by atomic mass is 15.1. The first-order chi connectivity index (χ1) is 4.20. The van der Waals surface area contributed by atoms with Gasteiger partial charge in [-0.3, -0.25) is 0 Å². The van der Waals surface area contributed by atoms with Crippen molar-refractivity contribution in [3.05, 3.63) is 0 Å². The van der Waals surface area contributed by atoms with E-state index in [1.807, 2.05) is 0 Å². The number of nitrogens with two attached hydrogens (primary N) is 1. The fraction of sp³-hybridized carbons (Fsp3) is 1.00. The van der Waals surface area contributed by atoms with Crippen LogP contribution in [-0.2, 0) is 0 Å². The number of rotatable bonds is 0. The minimum Gasteiger partial charge on any atom is -0.327 e. The third-order valence-corrected chi connectivity index (χ3v) is 2.23. The predicted molar refractivity (Wildman–Crippen MR) is 39.3 cm³/mol. The van der Waals surface area contributed by atoms with Gasteiger partial charge < -0.3 is 10.6 Å². The van der Waals surface area contributed by atoms with Crippen molar-refractivity contribution in [3.8, 4) is 0 Å². The Morgan fingerprint density at radius 3 is 2.56 bits per heavy atom. The predicted octanol–water partition coefficient (Wildman–Crippen LogP) is 0.428. The number of piperidine rings is 1. The Kier molecular flexibility index (Phi) is 2.09. The third-order valence-electron chi connectivity index (χ3n) is 2.23. The van der Waals surface area contributed by atoms with Crippen molar-refractivity contribution >= 4 is 0 Å². The van der Waals surface area contributed by atoms with Gasteiger partial charge in [0.05, 0.1) is 0 Å². The maximum atomic E-state index is 5.75. The molecule has 1 aliphatic heterocycles. The SMILES string of the molecule is C[C@@H]1CC[C@H](N)CN1C. The van der Waals surface area contributed by atoms with Gasteiger partial charge in [0.15, 0.2) is 0 Å². The highest BCUT2D eigenvalue weighted by Gasteiger charge is 2.18. The van der Waals surface area contributed by atoms with Crippen molar-refractivity contribution in [2.24, 2.45) is 5.73 Å². The average molecular weight is 128 g/mol. The molecule has 0 saturated carbocycles. The van der Waals surface area contributed by atoms with Crippen LogP contribution in [0.4, 0.5) is 0 Å². The van der Waals surface area contributed by atoms with Crippen LogP contribution in [0.1, 0.15) is 19.8 Å². The van der Waals surface area contributed by atoms with Gasteiger partial charge in [-0.25, -0.2) is 0 Å². The Hall–Kier alpha value is -0.0800. The minimum absolute atomic E-state index is 0.422. The summed E-state index contributed by atoms with van der Waals surface area (Å²) in [5, 5.41) is 0. The second-order valence-electron chi connectivity index (χ2n) is 3.13. The molecule has 0 amide bonds. The zero-order chi connectivity index (χ0) is 6.85. The third kappa shape index (κ3) is 1.66. The molecule has 0 aliphatic carbocycles. The second-order valence-corrected chi connectivity index (χ2v) is 3.13. The summed E-state index contributed by atoms with van der Waals surface area (Å²) in [6.07, 6.45) is 2.46. The van der Waals surface area contributed by atoms with Crippen LogP contribution >= 0.6 is 0 Å². The Balaban J connectivity index is 2.35. The van der Waals surface area contributed by atoms with Gasteiger partial charge in [0, 0.05) is 18.6 Å². The van der Waals surface area contributed by atoms with Gasteiger partial charge in [0.1, 0.15) is 0 Å². The molecule has 54 valence electrons. The highest BCUT2D eigenvalue weighted by Crippen LogP contribution is 2.12. The number of nitrogens with zero attached hydrogens (tertiary/aromatic N) is 1. The summed E-state index contributed by atoms with van der Waals surface area (Å²) in [6.45, 7) is 3.33. The average Bonchev–Trinajstić information content (AvgIpc) is 1.80. The molecule has 0 unspecified atom stereocenters. The molecule has 1 heterocycles. The lowest BCUT2D eigenvalue weighted by atomic mass is 10.0. The van der Waals surface area contributed by atoms with Crippen molar-refractivity contribution in [3.63, 3.8) is 0 Å². The zero-order valence-corrected chi connectivity index (χ0v) is 6.30. The van der Waals surface area contributed by atoms with Gasteiger partial charge >= 0.3 is 0 Å². The van der Waals surface area contributed by atoms with E-state index in [2.05, 4.69) is 18.9 Å². The molecule has 0 radical (unpaired) electrons. The molecule has 2 atom stereocenters. The first-order valence-electron chi connectivity index (χ1n) is 3.66. The van der Waals surface area contributed by atoms with Crippen LogP contribution in [0.15, 0.2) is 0 Å². The summed E-state index contributed by atoms with van der Waals surface area (Å²) in [5.74, 6) is 0. The Morgan fingerprint density at radius 1 is 1.44 bits per heavy atom. The summed E-state index contributed by atoms with van der Waals surface area (Å²) in [6, 6.07) is 1.16. The summed E-state index contributed by atoms with van der Waals surface area (Å²) in [7, 11) is 2.14. The maximum absolute atomic E-state index is 5.75. The molecule has 2 nitrogen and oxygen atoms in total. The molecule has 0 aromatic heterocycles. The molecule has 2 heteroatoms. The fourth-order valence-corrected chi connectivity index (χ4v) is 1.32. The smallest absolute Gasteiger partial charge is 0.0168 e. The summed E-state index contributed by atoms with van der Waals surface area (Å²) in [5.41, 5.74) is 5.75. The molecule has 2 N–H and O–H groups in total. The van der Waals surface area contributed by atoms with Gasteiger partial charge in [-0.15, -0.1) is 0 Å². The van der Waals surface area contributed by atoms with Crippen LogP contribution in [0.3, 0.4) is 0 Å². The van der Waals surface area contributed by atoms with E-state index in [9.17, 15) is 0 Å². The van der Waals surface area contributed by atoms with Gasteiger partial charge in [-0.1, -0.05) is 0 Å². The largest absolute Gasteiger partial charge is 0.327 e. The van der Waals surface area contributed by atoms with Crippen LogP contribution in [0.2, 0.25) is 0 Å². The van der Waals surface area contributed by atoms with Gasteiger partial charge in [0.2, 0.25) is 0 Å². The number of hydrogen-bond donors (Lipinski definition) is 1. The molecule has 0 aromatic rings. The molecule has 0 aromatic carbocycles. The van der Waals surface area contributed by atoms with E-state index in [0.29, 0.717) is 6.04 Å². The maximum Gasteiger partial charge on any atom is 0.0168 e. The molecule has 0 bridgehead atoms. The number of likely N-dealkylation sites (tertiary alicyclic amines) is 1. The van der Waals surface area contributed by atoms with E-state index < -0.39 is 0 Å². The lowest BCUT2D eigenvalue weighted by Crippen LogP contribution is -2.45. The fourth-order valence-electron chi connectivity index (χ4n) is 1.32. The summed E-state index contributed by atoms with van der Waals surface area (Å²) >= 11 is 0. The summed E-state index contributed by atoms with van der Waals surface area (Å²) < 4.78 is 0. The molecular formula is C7H16N2. The van der Waals surface area contributed by atoms with Crippen molar-refractivity contribution in [2.45, 2.75) is 31.8 Å². The topological polar surface area (TPSA) is 29.3 Å².